The van der Waals surface area contributed by atoms with Crippen LogP contribution in [0.4, 0.5) is 0 Å². The smallest absolute Gasteiger partial charge is 0.262 e. The van der Waals surface area contributed by atoms with Gasteiger partial charge in [0.25, 0.3) is 5.70 Å². The number of hydrogen-bond donors (Lipinski definition) is 1. The lowest BCUT2D eigenvalue weighted by Crippen LogP contribution is -1.89. The van der Waals surface area contributed by atoms with Crippen LogP contribution in [0.25, 0.3) is 4.85 Å². The molecule has 0 aliphatic carbocycles. The normalized spacial score (nSPS) is 10.2. The highest BCUT2D eigenvalue weighted by molar-refractivity contribution is 5.94. The minimum atomic E-state index is -0.414. The van der Waals surface area contributed by atoms with Crippen LogP contribution in [0.2, 0.25) is 0 Å². The Labute approximate surface area is 47.1 Å². The van der Waals surface area contributed by atoms with E-state index >= 15 is 0 Å². The second-order valence-corrected chi connectivity index (χ2v) is 1.18. The average molecular weight is 111 g/mol. The topological polar surface area (TPSA) is 41.7 Å². The van der Waals surface area contributed by atoms with E-state index in [0.717, 1.165) is 0 Å². The Morgan fingerprint density at radius 2 is 2.38 bits per heavy atom. The van der Waals surface area contributed by atoms with Crippen LogP contribution >= 0.6 is 0 Å². The Kier molecular flexibility index (Phi) is 2.35. The summed E-state index contributed by atoms with van der Waals surface area (Å²) < 4.78 is 0. The molecule has 0 bridgehead atoms. The summed E-state index contributed by atoms with van der Waals surface area (Å²) in [5, 5.41) is 8.10. The molecule has 0 aromatic rings. The summed E-state index contributed by atoms with van der Waals surface area (Å²) in [6.45, 7) is 7.49. The van der Waals surface area contributed by atoms with Crippen molar-refractivity contribution in [1.29, 1.82) is 0 Å². The molecular weight excluding hydrogens is 106 g/mol. The first-order valence-electron chi connectivity index (χ1n) is 1.95. The number of rotatable bonds is 1. The maximum Gasteiger partial charge on any atom is 0.262 e. The SMILES string of the molecule is [C-]#[N+]/C(=C/O)C(C)=O. The predicted octanol–water partition coefficient (Wildman–Crippen LogP) is 0.894. The van der Waals surface area contributed by atoms with Crippen molar-refractivity contribution in [2.75, 3.05) is 0 Å². The van der Waals surface area contributed by atoms with E-state index in [1.807, 2.05) is 0 Å². The molecule has 0 unspecified atom stereocenters. The molecule has 0 atom stereocenters. The summed E-state index contributed by atoms with van der Waals surface area (Å²) in [5.74, 6) is -0.414. The van der Waals surface area contributed by atoms with Gasteiger partial charge in [-0.1, -0.05) is 0 Å². The van der Waals surface area contributed by atoms with E-state index in [-0.39, 0.29) is 5.70 Å². The maximum atomic E-state index is 10.2. The van der Waals surface area contributed by atoms with Crippen LogP contribution in [-0.4, -0.2) is 10.9 Å². The monoisotopic (exact) mass is 111 g/mol. The second kappa shape index (κ2) is 2.80. The van der Waals surface area contributed by atoms with Crippen LogP contribution in [0, 0.1) is 6.57 Å². The van der Waals surface area contributed by atoms with Crippen molar-refractivity contribution in [3.8, 4) is 0 Å². The number of aliphatic hydroxyl groups is 1. The Morgan fingerprint density at radius 3 is 2.38 bits per heavy atom. The maximum absolute atomic E-state index is 10.2. The van der Waals surface area contributed by atoms with Crippen LogP contribution in [0.3, 0.4) is 0 Å². The largest absolute Gasteiger partial charge is 0.526 e. The molecule has 0 saturated heterocycles. The van der Waals surface area contributed by atoms with Crippen LogP contribution in [0.5, 0.6) is 0 Å². The third-order valence-electron chi connectivity index (χ3n) is 0.603. The summed E-state index contributed by atoms with van der Waals surface area (Å²) in [4.78, 5) is 12.9. The molecule has 0 aliphatic rings. The average Bonchev–Trinajstić information content (AvgIpc) is 1.69. The van der Waals surface area contributed by atoms with Gasteiger partial charge >= 0.3 is 0 Å². The van der Waals surface area contributed by atoms with Gasteiger partial charge in [0.2, 0.25) is 0 Å². The van der Waals surface area contributed by atoms with Crippen molar-refractivity contribution in [3.05, 3.63) is 23.4 Å². The van der Waals surface area contributed by atoms with Crippen molar-refractivity contribution in [2.24, 2.45) is 0 Å². The summed E-state index contributed by atoms with van der Waals surface area (Å²) in [6.07, 6.45) is 0.509. The number of aliphatic hydroxyl groups excluding tert-OH is 1. The number of carbonyl (C=O) groups is 1. The van der Waals surface area contributed by atoms with Gasteiger partial charge in [-0.25, -0.2) is 4.85 Å². The minimum absolute atomic E-state index is 0.231. The van der Waals surface area contributed by atoms with Crippen molar-refractivity contribution >= 4 is 5.78 Å². The van der Waals surface area contributed by atoms with E-state index < -0.39 is 5.78 Å². The molecule has 0 saturated carbocycles. The van der Waals surface area contributed by atoms with Crippen LogP contribution in [0.1, 0.15) is 6.92 Å². The molecule has 8 heavy (non-hydrogen) atoms. The van der Waals surface area contributed by atoms with E-state index in [2.05, 4.69) is 4.85 Å². The first-order valence-corrected chi connectivity index (χ1v) is 1.95. The van der Waals surface area contributed by atoms with E-state index in [1.165, 1.54) is 6.92 Å². The molecule has 0 fully saturated rings. The van der Waals surface area contributed by atoms with Gasteiger partial charge in [-0.05, 0) is 6.92 Å². The zero-order valence-electron chi connectivity index (χ0n) is 4.38. The molecule has 0 spiro atoms. The van der Waals surface area contributed by atoms with Gasteiger partial charge in [-0.3, -0.25) is 0 Å². The van der Waals surface area contributed by atoms with E-state index in [1.54, 1.807) is 0 Å². The van der Waals surface area contributed by atoms with Gasteiger partial charge in [0.1, 0.15) is 0 Å². The van der Waals surface area contributed by atoms with E-state index in [9.17, 15) is 4.79 Å². The molecule has 3 nitrogen and oxygen atoms in total. The fourth-order valence-corrected chi connectivity index (χ4v) is 0.198. The highest BCUT2D eigenvalue weighted by Gasteiger charge is 1.99. The Hall–Kier alpha value is -1.30. The van der Waals surface area contributed by atoms with Gasteiger partial charge in [-0.2, -0.15) is 0 Å². The Balaban J connectivity index is 4.20. The molecule has 0 aromatic carbocycles. The summed E-state index contributed by atoms with van der Waals surface area (Å²) in [5.41, 5.74) is -0.231. The zero-order valence-corrected chi connectivity index (χ0v) is 4.38. The highest BCUT2D eigenvalue weighted by Crippen LogP contribution is 1.93. The molecule has 0 aromatic heterocycles. The van der Waals surface area contributed by atoms with Gasteiger partial charge in [0.15, 0.2) is 5.78 Å². The fourth-order valence-electron chi connectivity index (χ4n) is 0.198. The third-order valence-corrected chi connectivity index (χ3v) is 0.603. The molecule has 0 radical (unpaired) electrons. The molecule has 1 N–H and O–H groups in total. The van der Waals surface area contributed by atoms with Crippen molar-refractivity contribution in [2.45, 2.75) is 6.92 Å². The molecule has 0 rings (SSSR count). The van der Waals surface area contributed by atoms with E-state index in [0.29, 0.717) is 6.26 Å². The quantitative estimate of drug-likeness (QED) is 0.310. The number of allylic oxidation sites excluding steroid dienone is 1. The standard InChI is InChI=1S/C5H5NO2/c1-4(8)5(3-7)6-2/h3,7H,1H3/b5-3+. The lowest BCUT2D eigenvalue weighted by atomic mass is 10.4. The van der Waals surface area contributed by atoms with Crippen molar-refractivity contribution < 1.29 is 9.90 Å². The number of ketones is 1. The molecule has 0 heterocycles. The molecule has 0 amide bonds. The molecule has 3 heteroatoms. The van der Waals surface area contributed by atoms with Gasteiger partial charge in [-0.15, -0.1) is 0 Å². The Bertz CT molecular complexity index is 164. The third kappa shape index (κ3) is 1.43. The zero-order chi connectivity index (χ0) is 6.57. The van der Waals surface area contributed by atoms with Gasteiger partial charge in [0, 0.05) is 0 Å². The van der Waals surface area contributed by atoms with E-state index in [4.69, 9.17) is 11.7 Å². The minimum Gasteiger partial charge on any atom is -0.526 e. The van der Waals surface area contributed by atoms with Crippen LogP contribution in [0.15, 0.2) is 12.0 Å². The summed E-state index contributed by atoms with van der Waals surface area (Å²) in [6, 6.07) is 0. The second-order valence-electron chi connectivity index (χ2n) is 1.18. The molecular formula is C5H5NO2. The number of nitrogens with zero attached hydrogens (tertiary/aromatic N) is 1. The number of hydrogen-bond acceptors (Lipinski definition) is 2. The van der Waals surface area contributed by atoms with Crippen LogP contribution in [-0.2, 0) is 4.79 Å². The first kappa shape index (κ1) is 6.70. The highest BCUT2D eigenvalue weighted by atomic mass is 16.2. The fraction of sp³-hybridized carbons (Fsp3) is 0.200. The van der Waals surface area contributed by atoms with Crippen molar-refractivity contribution in [1.82, 2.24) is 0 Å². The Morgan fingerprint density at radius 1 is 1.88 bits per heavy atom. The first-order chi connectivity index (χ1) is 3.72. The lowest BCUT2D eigenvalue weighted by Gasteiger charge is -1.81. The number of Topliss-reactive ketones (excluding diaryl/α,β-unsaturated/α-hetero) is 1. The predicted molar refractivity (Wildman–Crippen MR) is 28.0 cm³/mol. The molecule has 42 valence electrons. The van der Waals surface area contributed by atoms with Crippen LogP contribution < -0.4 is 0 Å². The molecule has 0 aliphatic heterocycles. The van der Waals surface area contributed by atoms with Gasteiger partial charge in [0.05, 0.1) is 12.8 Å². The summed E-state index contributed by atoms with van der Waals surface area (Å²) in [7, 11) is 0. The number of carbonyl (C=O) groups excluding carboxylic acids is 1. The summed E-state index contributed by atoms with van der Waals surface area (Å²) >= 11 is 0. The van der Waals surface area contributed by atoms with Crippen molar-refractivity contribution in [3.63, 3.8) is 0 Å². The van der Waals surface area contributed by atoms with Gasteiger partial charge < -0.3 is 9.90 Å². The lowest BCUT2D eigenvalue weighted by molar-refractivity contribution is -0.113.